The number of aryl methyl sites for hydroxylation is 1. The van der Waals surface area contributed by atoms with Crippen LogP contribution in [0.1, 0.15) is 56.1 Å². The molecular formula is C24H35FN4O3. The Hall–Kier alpha value is -2.84. The first kappa shape index (κ1) is 27.2. The quantitative estimate of drug-likeness (QED) is 0.585. The van der Waals surface area contributed by atoms with Gasteiger partial charge in [-0.1, -0.05) is 26.0 Å². The van der Waals surface area contributed by atoms with Gasteiger partial charge in [0.1, 0.15) is 17.6 Å². The van der Waals surface area contributed by atoms with Crippen molar-refractivity contribution in [3.05, 3.63) is 59.7 Å². The molecule has 1 aliphatic heterocycles. The molecule has 2 aromatic rings. The number of amides is 2. The number of benzene rings is 1. The minimum atomic E-state index is -0.426. The summed E-state index contributed by atoms with van der Waals surface area (Å²) >= 11 is 0. The topological polar surface area (TPSA) is 106 Å². The monoisotopic (exact) mass is 446 g/mol. The predicted octanol–water partition coefficient (Wildman–Crippen LogP) is 3.83. The third kappa shape index (κ3) is 9.98. The summed E-state index contributed by atoms with van der Waals surface area (Å²) in [5, 5.41) is 5.49. The maximum atomic E-state index is 12.2. The van der Waals surface area contributed by atoms with E-state index in [0.717, 1.165) is 12.0 Å². The molecule has 2 atom stereocenters. The molecule has 1 aliphatic rings. The summed E-state index contributed by atoms with van der Waals surface area (Å²) in [4.78, 5) is 28.0. The summed E-state index contributed by atoms with van der Waals surface area (Å²) < 4.78 is 17.7. The van der Waals surface area contributed by atoms with Crippen LogP contribution in [0.5, 0.6) is 0 Å². The number of rotatable bonds is 6. The van der Waals surface area contributed by atoms with Crippen molar-refractivity contribution >= 4 is 17.5 Å². The van der Waals surface area contributed by atoms with Crippen LogP contribution in [0.15, 0.2) is 42.6 Å². The Balaban J connectivity index is 0.000000427. The average Bonchev–Trinajstić information content (AvgIpc) is 3.22. The second kappa shape index (κ2) is 15.0. The number of anilines is 1. The van der Waals surface area contributed by atoms with E-state index in [0.29, 0.717) is 31.6 Å². The van der Waals surface area contributed by atoms with E-state index in [2.05, 4.69) is 15.6 Å². The highest BCUT2D eigenvalue weighted by Crippen LogP contribution is 2.20. The number of aromatic nitrogens is 1. The van der Waals surface area contributed by atoms with Crippen LogP contribution in [0, 0.1) is 12.7 Å². The van der Waals surface area contributed by atoms with Gasteiger partial charge in [-0.2, -0.15) is 0 Å². The van der Waals surface area contributed by atoms with Crippen molar-refractivity contribution in [2.45, 2.75) is 59.2 Å². The second-order valence-corrected chi connectivity index (χ2v) is 7.13. The standard InChI is InChI=1S/C15H22N4O3.C7H7F.C2H6/c1-10-3-4-13(22-10)15(21)19-11-5-8-17-12(9-11)14(20)18-7-2-6-16;1-6-3-2-4-7(8)5-6;1-2/h5,8-10,13H,2-4,6-7,16H2,1H3,(H,18,20)(H,17,19,21);2-5H,1H3;1-2H3. The SMILES string of the molecule is CC.CC1CCC(C(=O)Nc2ccnc(C(=O)NCCCN)c2)O1.Cc1cccc(F)c1. The third-order valence-corrected chi connectivity index (χ3v) is 4.43. The smallest absolute Gasteiger partial charge is 0.269 e. The molecular weight excluding hydrogens is 411 g/mol. The first-order valence-electron chi connectivity index (χ1n) is 11.0. The van der Waals surface area contributed by atoms with Crippen LogP contribution in [0.2, 0.25) is 0 Å². The molecule has 2 amide bonds. The van der Waals surface area contributed by atoms with E-state index in [1.807, 2.05) is 33.8 Å². The molecule has 1 saturated heterocycles. The van der Waals surface area contributed by atoms with Crippen molar-refractivity contribution in [3.63, 3.8) is 0 Å². The lowest BCUT2D eigenvalue weighted by Gasteiger charge is -2.12. The summed E-state index contributed by atoms with van der Waals surface area (Å²) in [7, 11) is 0. The third-order valence-electron chi connectivity index (χ3n) is 4.43. The number of nitrogens with zero attached hydrogens (tertiary/aromatic N) is 1. The number of hydrogen-bond acceptors (Lipinski definition) is 5. The molecule has 2 heterocycles. The van der Waals surface area contributed by atoms with E-state index in [1.165, 1.54) is 18.3 Å². The molecule has 2 unspecified atom stereocenters. The first-order chi connectivity index (χ1) is 15.4. The maximum Gasteiger partial charge on any atom is 0.269 e. The Labute approximate surface area is 189 Å². The van der Waals surface area contributed by atoms with Crippen molar-refractivity contribution in [2.75, 3.05) is 18.4 Å². The summed E-state index contributed by atoms with van der Waals surface area (Å²) in [6, 6.07) is 9.70. The minimum Gasteiger partial charge on any atom is -0.365 e. The van der Waals surface area contributed by atoms with E-state index in [9.17, 15) is 14.0 Å². The Morgan fingerprint density at radius 1 is 1.22 bits per heavy atom. The van der Waals surface area contributed by atoms with Crippen molar-refractivity contribution in [3.8, 4) is 0 Å². The lowest BCUT2D eigenvalue weighted by Crippen LogP contribution is -2.29. The average molecular weight is 447 g/mol. The van der Waals surface area contributed by atoms with Crippen LogP contribution in [0.25, 0.3) is 0 Å². The molecule has 0 spiro atoms. The molecule has 0 saturated carbocycles. The number of halogens is 1. The van der Waals surface area contributed by atoms with Gasteiger partial charge in [0.25, 0.3) is 11.8 Å². The Morgan fingerprint density at radius 3 is 2.53 bits per heavy atom. The van der Waals surface area contributed by atoms with E-state index < -0.39 is 6.10 Å². The molecule has 3 rings (SSSR count). The van der Waals surface area contributed by atoms with Gasteiger partial charge in [-0.25, -0.2) is 4.39 Å². The van der Waals surface area contributed by atoms with Crippen LogP contribution in [-0.4, -0.2) is 42.1 Å². The second-order valence-electron chi connectivity index (χ2n) is 7.13. The first-order valence-corrected chi connectivity index (χ1v) is 11.0. The predicted molar refractivity (Wildman–Crippen MR) is 125 cm³/mol. The Bertz CT molecular complexity index is 830. The number of nitrogens with one attached hydrogen (secondary N) is 2. The van der Waals surface area contributed by atoms with Gasteiger partial charge in [0.2, 0.25) is 0 Å². The molecule has 1 fully saturated rings. The maximum absolute atomic E-state index is 12.2. The van der Waals surface area contributed by atoms with Gasteiger partial charge in [0.05, 0.1) is 6.10 Å². The number of carbonyl (C=O) groups is 2. The highest BCUT2D eigenvalue weighted by molar-refractivity contribution is 5.97. The molecule has 0 bridgehead atoms. The number of hydrogen-bond donors (Lipinski definition) is 3. The minimum absolute atomic E-state index is 0.108. The summed E-state index contributed by atoms with van der Waals surface area (Å²) in [6.07, 6.45) is 3.47. The van der Waals surface area contributed by atoms with Crippen LogP contribution in [-0.2, 0) is 9.53 Å². The fourth-order valence-corrected chi connectivity index (χ4v) is 2.85. The summed E-state index contributed by atoms with van der Waals surface area (Å²) in [6.45, 7) is 8.83. The fraction of sp³-hybridized carbons (Fsp3) is 0.458. The van der Waals surface area contributed by atoms with E-state index in [4.69, 9.17) is 10.5 Å². The van der Waals surface area contributed by atoms with Crippen molar-refractivity contribution in [1.82, 2.24) is 10.3 Å². The molecule has 7 nitrogen and oxygen atoms in total. The Morgan fingerprint density at radius 2 is 1.97 bits per heavy atom. The van der Waals surface area contributed by atoms with Crippen molar-refractivity contribution in [2.24, 2.45) is 5.73 Å². The largest absolute Gasteiger partial charge is 0.365 e. The van der Waals surface area contributed by atoms with Gasteiger partial charge in [-0.05, 0) is 69.5 Å². The summed E-state index contributed by atoms with van der Waals surface area (Å²) in [5.74, 6) is -0.634. The molecule has 32 heavy (non-hydrogen) atoms. The van der Waals surface area contributed by atoms with E-state index in [-0.39, 0.29) is 29.4 Å². The number of pyridine rings is 1. The highest BCUT2D eigenvalue weighted by Gasteiger charge is 2.28. The number of nitrogens with two attached hydrogens (primary N) is 1. The van der Waals surface area contributed by atoms with Crippen LogP contribution in [0.4, 0.5) is 10.1 Å². The van der Waals surface area contributed by atoms with Crippen LogP contribution in [0.3, 0.4) is 0 Å². The summed E-state index contributed by atoms with van der Waals surface area (Å²) in [5.41, 5.74) is 7.13. The number of ether oxygens (including phenoxy) is 1. The van der Waals surface area contributed by atoms with Gasteiger partial charge in [-0.3, -0.25) is 14.6 Å². The van der Waals surface area contributed by atoms with Gasteiger partial charge >= 0.3 is 0 Å². The molecule has 0 radical (unpaired) electrons. The van der Waals surface area contributed by atoms with Gasteiger partial charge in [-0.15, -0.1) is 0 Å². The van der Waals surface area contributed by atoms with E-state index in [1.54, 1.807) is 18.2 Å². The van der Waals surface area contributed by atoms with Crippen LogP contribution >= 0.6 is 0 Å². The molecule has 1 aromatic heterocycles. The van der Waals surface area contributed by atoms with Gasteiger partial charge in [0.15, 0.2) is 0 Å². The molecule has 1 aromatic carbocycles. The zero-order valence-electron chi connectivity index (χ0n) is 19.4. The van der Waals surface area contributed by atoms with Gasteiger partial charge < -0.3 is 21.1 Å². The molecule has 4 N–H and O–H groups in total. The van der Waals surface area contributed by atoms with Crippen LogP contribution < -0.4 is 16.4 Å². The van der Waals surface area contributed by atoms with Crippen molar-refractivity contribution in [1.29, 1.82) is 0 Å². The lowest BCUT2D eigenvalue weighted by molar-refractivity contribution is -0.126. The lowest BCUT2D eigenvalue weighted by atomic mass is 10.2. The van der Waals surface area contributed by atoms with Gasteiger partial charge in [0, 0.05) is 18.4 Å². The zero-order chi connectivity index (χ0) is 23.9. The number of carbonyl (C=O) groups excluding carboxylic acids is 2. The highest BCUT2D eigenvalue weighted by atomic mass is 19.1. The normalized spacial score (nSPS) is 16.7. The Kier molecular flexibility index (Phi) is 12.8. The molecule has 8 heteroatoms. The van der Waals surface area contributed by atoms with E-state index >= 15 is 0 Å². The molecule has 176 valence electrons. The fourth-order valence-electron chi connectivity index (χ4n) is 2.85. The zero-order valence-corrected chi connectivity index (χ0v) is 19.4. The van der Waals surface area contributed by atoms with Crippen molar-refractivity contribution < 1.29 is 18.7 Å². The molecule has 0 aliphatic carbocycles.